The van der Waals surface area contributed by atoms with Gasteiger partial charge in [-0.2, -0.15) is 0 Å². The van der Waals surface area contributed by atoms with Crippen LogP contribution in [0.1, 0.15) is 16.7 Å². The summed E-state index contributed by atoms with van der Waals surface area (Å²) in [7, 11) is 0. The predicted octanol–water partition coefficient (Wildman–Crippen LogP) is 12.5. The lowest BCUT2D eigenvalue weighted by atomic mass is 9.94. The lowest BCUT2D eigenvalue weighted by Crippen LogP contribution is -2.05. The summed E-state index contributed by atoms with van der Waals surface area (Å²) < 4.78 is 0. The van der Waals surface area contributed by atoms with Gasteiger partial charge in [-0.25, -0.2) is 9.98 Å². The van der Waals surface area contributed by atoms with Crippen molar-refractivity contribution in [3.8, 4) is 22.3 Å². The number of rotatable bonds is 5. The minimum Gasteiger partial charge on any atom is -0.282 e. The van der Waals surface area contributed by atoms with E-state index in [0.29, 0.717) is 5.84 Å². The average molecular weight is 664 g/mol. The molecule has 52 heavy (non-hydrogen) atoms. The van der Waals surface area contributed by atoms with E-state index in [0.717, 1.165) is 49.5 Å². The zero-order valence-electron chi connectivity index (χ0n) is 28.4. The molecule has 0 radical (unpaired) electrons. The number of benzene rings is 9. The van der Waals surface area contributed by atoms with Crippen LogP contribution in [0.2, 0.25) is 0 Å². The molecule has 0 aliphatic rings. The van der Waals surface area contributed by atoms with Crippen LogP contribution in [-0.4, -0.2) is 17.9 Å². The first kappa shape index (κ1) is 31.0. The zero-order valence-corrected chi connectivity index (χ0v) is 28.4. The van der Waals surface area contributed by atoms with Crippen molar-refractivity contribution < 1.29 is 0 Å². The van der Waals surface area contributed by atoms with E-state index >= 15 is 0 Å². The highest BCUT2D eigenvalue weighted by molar-refractivity contribution is 6.22. The Bertz CT molecular complexity index is 2830. The van der Waals surface area contributed by atoms with Crippen molar-refractivity contribution in [1.82, 2.24) is 0 Å². The van der Waals surface area contributed by atoms with Gasteiger partial charge < -0.3 is 0 Å². The number of amidine groups is 2. The lowest BCUT2D eigenvalue weighted by Gasteiger charge is -2.11. The Morgan fingerprint density at radius 2 is 0.981 bits per heavy atom. The van der Waals surface area contributed by atoms with Gasteiger partial charge in [-0.3, -0.25) is 5.41 Å². The van der Waals surface area contributed by atoms with Gasteiger partial charge in [0, 0.05) is 22.9 Å². The Labute approximate surface area is 302 Å². The minimum absolute atomic E-state index is 0.152. The second-order valence-corrected chi connectivity index (χ2v) is 13.0. The van der Waals surface area contributed by atoms with E-state index in [1.54, 1.807) is 0 Å². The van der Waals surface area contributed by atoms with Gasteiger partial charge in [0.15, 0.2) is 11.7 Å². The fourth-order valence-electron chi connectivity index (χ4n) is 7.19. The fourth-order valence-corrected chi connectivity index (χ4v) is 7.19. The van der Waals surface area contributed by atoms with Crippen molar-refractivity contribution in [2.45, 2.75) is 0 Å². The Hall–Kier alpha value is -6.97. The molecule has 0 heterocycles. The van der Waals surface area contributed by atoms with Gasteiger partial charge in [0.1, 0.15) is 0 Å². The molecule has 0 saturated carbocycles. The molecule has 9 aromatic rings. The topological polar surface area (TPSA) is 48.6 Å². The molecule has 1 N–H and O–H groups in total. The van der Waals surface area contributed by atoms with Crippen LogP contribution >= 0.6 is 0 Å². The molecule has 0 amide bonds. The van der Waals surface area contributed by atoms with Crippen molar-refractivity contribution >= 4 is 61.0 Å². The summed E-state index contributed by atoms with van der Waals surface area (Å²) in [5.74, 6) is 0.627. The van der Waals surface area contributed by atoms with Crippen LogP contribution in [0.15, 0.2) is 198 Å². The van der Waals surface area contributed by atoms with Crippen molar-refractivity contribution in [1.29, 1.82) is 5.41 Å². The molecule has 0 fully saturated rings. The van der Waals surface area contributed by atoms with Crippen molar-refractivity contribution in [3.63, 3.8) is 0 Å². The highest BCUT2D eigenvalue weighted by Crippen LogP contribution is 2.33. The molecule has 3 nitrogen and oxygen atoms in total. The molecular formula is C49H33N3. The van der Waals surface area contributed by atoms with Crippen LogP contribution in [-0.2, 0) is 0 Å². The number of aliphatic imine (C=N–C) groups is 2. The fraction of sp³-hybridized carbons (Fsp3) is 0. The standard InChI is InChI=1S/C49H33N3/c50-48(38-25-21-34(22-26-38)33-11-2-1-3-12-33)52-49(39-27-23-37(24-28-39)42-20-10-16-35-13-4-7-17-41(35)42)51-32-47-44-19-9-6-15-40(44)31-46-43-18-8-5-14-36(43)29-30-45(46)47/h1-32,50H. The molecule has 244 valence electrons. The Morgan fingerprint density at radius 1 is 0.404 bits per heavy atom. The normalized spacial score (nSPS) is 12.0. The number of hydrogen-bond donors (Lipinski definition) is 1. The Kier molecular flexibility index (Phi) is 7.99. The van der Waals surface area contributed by atoms with E-state index in [-0.39, 0.29) is 5.84 Å². The summed E-state index contributed by atoms with van der Waals surface area (Å²) in [5, 5.41) is 18.5. The molecule has 3 heteroatoms. The van der Waals surface area contributed by atoms with Gasteiger partial charge in [-0.1, -0.05) is 182 Å². The summed E-state index contributed by atoms with van der Waals surface area (Å²) in [6, 6.07) is 65.1. The Morgan fingerprint density at radius 3 is 1.75 bits per heavy atom. The third kappa shape index (κ3) is 5.85. The molecule has 0 atom stereocenters. The first-order chi connectivity index (χ1) is 25.7. The monoisotopic (exact) mass is 663 g/mol. The van der Waals surface area contributed by atoms with E-state index in [4.69, 9.17) is 15.4 Å². The maximum Gasteiger partial charge on any atom is 0.161 e. The van der Waals surface area contributed by atoms with Crippen LogP contribution in [0, 0.1) is 5.41 Å². The van der Waals surface area contributed by atoms with Gasteiger partial charge in [-0.05, 0) is 71.4 Å². The van der Waals surface area contributed by atoms with E-state index < -0.39 is 0 Å². The average Bonchev–Trinajstić information content (AvgIpc) is 3.22. The Balaban J connectivity index is 1.16. The van der Waals surface area contributed by atoms with Crippen LogP contribution in [0.4, 0.5) is 0 Å². The van der Waals surface area contributed by atoms with Crippen molar-refractivity contribution in [3.05, 3.63) is 205 Å². The highest BCUT2D eigenvalue weighted by atomic mass is 14.9. The minimum atomic E-state index is 0.152. The molecule has 0 spiro atoms. The summed E-state index contributed by atoms with van der Waals surface area (Å²) in [6.45, 7) is 0. The first-order valence-electron chi connectivity index (χ1n) is 17.5. The van der Waals surface area contributed by atoms with E-state index in [1.807, 2.05) is 48.7 Å². The molecule has 0 saturated heterocycles. The van der Waals surface area contributed by atoms with Gasteiger partial charge >= 0.3 is 0 Å². The van der Waals surface area contributed by atoms with Crippen molar-refractivity contribution in [2.75, 3.05) is 0 Å². The number of hydrogen-bond acceptors (Lipinski definition) is 1. The zero-order chi connectivity index (χ0) is 34.9. The molecular weight excluding hydrogens is 631 g/mol. The summed E-state index contributed by atoms with van der Waals surface area (Å²) in [6.07, 6.45) is 1.93. The first-order valence-corrected chi connectivity index (χ1v) is 17.5. The SMILES string of the molecule is N=C(N=C(N=Cc1c2ccccc2cc2c1ccc1ccccc12)c1ccc(-c2cccc3ccccc23)cc1)c1ccc(-c2ccccc2)cc1. The third-order valence-corrected chi connectivity index (χ3v) is 9.85. The second kappa shape index (κ2) is 13.4. The molecule has 0 aromatic heterocycles. The maximum absolute atomic E-state index is 9.13. The van der Waals surface area contributed by atoms with Crippen LogP contribution in [0.3, 0.4) is 0 Å². The molecule has 0 bridgehead atoms. The van der Waals surface area contributed by atoms with Gasteiger partial charge in [0.25, 0.3) is 0 Å². The number of fused-ring (bicyclic) bond motifs is 5. The van der Waals surface area contributed by atoms with E-state index in [2.05, 4.69) is 146 Å². The van der Waals surface area contributed by atoms with Crippen LogP contribution in [0.25, 0.3) is 65.3 Å². The summed E-state index contributed by atoms with van der Waals surface area (Å²) in [5.41, 5.74) is 7.10. The molecule has 0 aliphatic heterocycles. The molecule has 9 aromatic carbocycles. The van der Waals surface area contributed by atoms with Crippen molar-refractivity contribution in [2.24, 2.45) is 9.98 Å². The third-order valence-electron chi connectivity index (χ3n) is 9.85. The largest absolute Gasteiger partial charge is 0.282 e. The number of nitrogens with zero attached hydrogens (tertiary/aromatic N) is 2. The maximum atomic E-state index is 9.13. The molecule has 0 unspecified atom stereocenters. The smallest absolute Gasteiger partial charge is 0.161 e. The van der Waals surface area contributed by atoms with E-state index in [9.17, 15) is 0 Å². The van der Waals surface area contributed by atoms with Crippen LogP contribution < -0.4 is 0 Å². The van der Waals surface area contributed by atoms with Gasteiger partial charge in [-0.15, -0.1) is 0 Å². The van der Waals surface area contributed by atoms with Gasteiger partial charge in [0.2, 0.25) is 0 Å². The number of nitrogens with one attached hydrogen (secondary N) is 1. The molecule has 0 aliphatic carbocycles. The molecule has 9 rings (SSSR count). The quantitative estimate of drug-likeness (QED) is 0.0825. The van der Waals surface area contributed by atoms with Crippen LogP contribution in [0.5, 0.6) is 0 Å². The summed E-state index contributed by atoms with van der Waals surface area (Å²) >= 11 is 0. The predicted molar refractivity (Wildman–Crippen MR) is 221 cm³/mol. The lowest BCUT2D eigenvalue weighted by molar-refractivity contribution is 1.40. The highest BCUT2D eigenvalue weighted by Gasteiger charge is 2.12. The second-order valence-electron chi connectivity index (χ2n) is 13.0. The van der Waals surface area contributed by atoms with Gasteiger partial charge in [0.05, 0.1) is 0 Å². The van der Waals surface area contributed by atoms with E-state index in [1.165, 1.54) is 32.5 Å². The summed E-state index contributed by atoms with van der Waals surface area (Å²) in [4.78, 5) is 10.0.